The Balaban J connectivity index is 2.20. The first-order chi connectivity index (χ1) is 8.61. The van der Waals surface area contributed by atoms with Gasteiger partial charge < -0.3 is 4.90 Å². The van der Waals surface area contributed by atoms with Crippen LogP contribution in [0.5, 0.6) is 0 Å². The first-order valence-electron chi connectivity index (χ1n) is 5.79. The Morgan fingerprint density at radius 2 is 2.17 bits per heavy atom. The second-order valence-corrected chi connectivity index (χ2v) is 4.46. The topological polar surface area (TPSA) is 20.3 Å². The SMILES string of the molecule is C#CCN(CC1CC1)C(=O)c1cc(F)ccc1F. The van der Waals surface area contributed by atoms with Crippen molar-refractivity contribution < 1.29 is 13.6 Å². The van der Waals surface area contributed by atoms with E-state index in [4.69, 9.17) is 6.42 Å². The van der Waals surface area contributed by atoms with Crippen molar-refractivity contribution in [3.63, 3.8) is 0 Å². The summed E-state index contributed by atoms with van der Waals surface area (Å²) in [6.45, 7) is 0.629. The molecule has 0 aromatic heterocycles. The van der Waals surface area contributed by atoms with E-state index in [2.05, 4.69) is 5.92 Å². The minimum absolute atomic E-state index is 0.116. The molecule has 0 saturated heterocycles. The third-order valence-corrected chi connectivity index (χ3v) is 2.90. The van der Waals surface area contributed by atoms with Gasteiger partial charge in [-0.3, -0.25) is 4.79 Å². The molecule has 0 unspecified atom stereocenters. The number of benzene rings is 1. The number of carbonyl (C=O) groups is 1. The fraction of sp³-hybridized carbons (Fsp3) is 0.357. The van der Waals surface area contributed by atoms with Crippen molar-refractivity contribution in [3.05, 3.63) is 35.4 Å². The van der Waals surface area contributed by atoms with Crippen molar-refractivity contribution >= 4 is 5.91 Å². The highest BCUT2D eigenvalue weighted by atomic mass is 19.1. The Hall–Kier alpha value is -1.89. The zero-order valence-corrected chi connectivity index (χ0v) is 9.83. The minimum Gasteiger partial charge on any atom is -0.327 e. The zero-order valence-electron chi connectivity index (χ0n) is 9.83. The van der Waals surface area contributed by atoms with Crippen LogP contribution in [0.4, 0.5) is 8.78 Å². The number of terminal acetylenes is 1. The summed E-state index contributed by atoms with van der Waals surface area (Å²) in [6.07, 6.45) is 7.31. The van der Waals surface area contributed by atoms with E-state index < -0.39 is 17.5 Å². The molecule has 0 bridgehead atoms. The molecule has 1 fully saturated rings. The summed E-state index contributed by atoms with van der Waals surface area (Å²) in [6, 6.07) is 2.85. The maximum absolute atomic E-state index is 13.5. The molecular weight excluding hydrogens is 236 g/mol. The Labute approximate surface area is 105 Å². The largest absolute Gasteiger partial charge is 0.327 e. The maximum atomic E-state index is 13.5. The predicted molar refractivity (Wildman–Crippen MR) is 63.8 cm³/mol. The molecule has 1 aliphatic rings. The fourth-order valence-electron chi connectivity index (χ4n) is 1.77. The standard InChI is InChI=1S/C14H13F2NO/c1-2-7-17(9-10-3-4-10)14(18)12-8-11(15)5-6-13(12)16/h1,5-6,8,10H,3-4,7,9H2. The summed E-state index contributed by atoms with van der Waals surface area (Å²) < 4.78 is 26.6. The van der Waals surface area contributed by atoms with Crippen LogP contribution in [-0.4, -0.2) is 23.9 Å². The normalized spacial score (nSPS) is 14.1. The van der Waals surface area contributed by atoms with Crippen molar-refractivity contribution in [2.45, 2.75) is 12.8 Å². The molecule has 1 aromatic carbocycles. The van der Waals surface area contributed by atoms with Crippen molar-refractivity contribution in [3.8, 4) is 12.3 Å². The number of amides is 1. The number of hydrogen-bond donors (Lipinski definition) is 0. The smallest absolute Gasteiger partial charge is 0.257 e. The van der Waals surface area contributed by atoms with Crippen LogP contribution in [0.3, 0.4) is 0 Å². The molecule has 94 valence electrons. The quantitative estimate of drug-likeness (QED) is 0.751. The predicted octanol–water partition coefficient (Wildman–Crippen LogP) is 2.45. The van der Waals surface area contributed by atoms with E-state index in [0.29, 0.717) is 12.5 Å². The van der Waals surface area contributed by atoms with Crippen LogP contribution in [0.25, 0.3) is 0 Å². The third kappa shape index (κ3) is 2.86. The van der Waals surface area contributed by atoms with Crippen LogP contribution in [0.15, 0.2) is 18.2 Å². The monoisotopic (exact) mass is 249 g/mol. The average Bonchev–Trinajstić information content (AvgIpc) is 3.15. The second kappa shape index (κ2) is 5.18. The van der Waals surface area contributed by atoms with Crippen molar-refractivity contribution in [2.75, 3.05) is 13.1 Å². The van der Waals surface area contributed by atoms with E-state index in [1.165, 1.54) is 4.90 Å². The molecule has 0 aliphatic heterocycles. The third-order valence-electron chi connectivity index (χ3n) is 2.90. The van der Waals surface area contributed by atoms with Gasteiger partial charge in [-0.2, -0.15) is 0 Å². The molecule has 1 aromatic rings. The number of nitrogens with zero attached hydrogens (tertiary/aromatic N) is 1. The Kier molecular flexibility index (Phi) is 3.61. The molecule has 4 heteroatoms. The van der Waals surface area contributed by atoms with E-state index in [9.17, 15) is 13.6 Å². The van der Waals surface area contributed by atoms with Gasteiger partial charge in [0.15, 0.2) is 0 Å². The first kappa shape index (κ1) is 12.6. The highest BCUT2D eigenvalue weighted by Gasteiger charge is 2.28. The summed E-state index contributed by atoms with van der Waals surface area (Å²) in [4.78, 5) is 13.5. The van der Waals surface area contributed by atoms with Gasteiger partial charge in [-0.05, 0) is 37.0 Å². The highest BCUT2D eigenvalue weighted by Crippen LogP contribution is 2.30. The molecule has 0 spiro atoms. The molecular formula is C14H13F2NO. The molecule has 18 heavy (non-hydrogen) atoms. The molecule has 2 rings (SSSR count). The number of carbonyl (C=O) groups excluding carboxylic acids is 1. The van der Waals surface area contributed by atoms with E-state index in [1.807, 2.05) is 0 Å². The van der Waals surface area contributed by atoms with Gasteiger partial charge in [-0.15, -0.1) is 6.42 Å². The molecule has 2 nitrogen and oxygen atoms in total. The lowest BCUT2D eigenvalue weighted by Gasteiger charge is -2.20. The van der Waals surface area contributed by atoms with E-state index in [0.717, 1.165) is 31.0 Å². The van der Waals surface area contributed by atoms with Crippen LogP contribution >= 0.6 is 0 Å². The van der Waals surface area contributed by atoms with Crippen LogP contribution in [0, 0.1) is 29.9 Å². The van der Waals surface area contributed by atoms with Gasteiger partial charge in [-0.25, -0.2) is 8.78 Å². The van der Waals surface area contributed by atoms with Crippen molar-refractivity contribution in [2.24, 2.45) is 5.92 Å². The summed E-state index contributed by atoms with van der Waals surface area (Å²) in [5, 5.41) is 0. The van der Waals surface area contributed by atoms with Gasteiger partial charge in [0.2, 0.25) is 0 Å². The average molecular weight is 249 g/mol. The highest BCUT2D eigenvalue weighted by molar-refractivity contribution is 5.94. The van der Waals surface area contributed by atoms with Gasteiger partial charge in [0, 0.05) is 6.54 Å². The molecule has 0 atom stereocenters. The molecule has 1 amide bonds. The molecule has 0 radical (unpaired) electrons. The van der Waals surface area contributed by atoms with Crippen molar-refractivity contribution in [1.29, 1.82) is 0 Å². The summed E-state index contributed by atoms with van der Waals surface area (Å²) in [7, 11) is 0. The maximum Gasteiger partial charge on any atom is 0.257 e. The molecule has 0 heterocycles. The minimum atomic E-state index is -0.723. The fourth-order valence-corrected chi connectivity index (χ4v) is 1.77. The number of hydrogen-bond acceptors (Lipinski definition) is 1. The number of halogens is 2. The van der Waals surface area contributed by atoms with Crippen LogP contribution < -0.4 is 0 Å². The zero-order chi connectivity index (χ0) is 13.1. The summed E-state index contributed by atoms with van der Waals surface area (Å²) >= 11 is 0. The Morgan fingerprint density at radius 3 is 2.78 bits per heavy atom. The Bertz CT molecular complexity index is 503. The first-order valence-corrected chi connectivity index (χ1v) is 5.79. The lowest BCUT2D eigenvalue weighted by molar-refractivity contribution is 0.0764. The van der Waals surface area contributed by atoms with E-state index >= 15 is 0 Å². The summed E-state index contributed by atoms with van der Waals surface area (Å²) in [5.41, 5.74) is -0.258. The lowest BCUT2D eigenvalue weighted by Crippen LogP contribution is -2.34. The van der Waals surface area contributed by atoms with Gasteiger partial charge in [-0.1, -0.05) is 5.92 Å². The van der Waals surface area contributed by atoms with Gasteiger partial charge in [0.25, 0.3) is 5.91 Å². The van der Waals surface area contributed by atoms with Gasteiger partial charge in [0.1, 0.15) is 11.6 Å². The summed E-state index contributed by atoms with van der Waals surface area (Å²) in [5.74, 6) is 0.918. The van der Waals surface area contributed by atoms with Crippen LogP contribution in [0.2, 0.25) is 0 Å². The second-order valence-electron chi connectivity index (χ2n) is 4.46. The molecule has 0 N–H and O–H groups in total. The van der Waals surface area contributed by atoms with E-state index in [-0.39, 0.29) is 12.1 Å². The lowest BCUT2D eigenvalue weighted by atomic mass is 10.1. The van der Waals surface area contributed by atoms with E-state index in [1.54, 1.807) is 0 Å². The molecule has 1 saturated carbocycles. The van der Waals surface area contributed by atoms with Crippen LogP contribution in [-0.2, 0) is 0 Å². The van der Waals surface area contributed by atoms with Gasteiger partial charge >= 0.3 is 0 Å². The molecule has 1 aliphatic carbocycles. The van der Waals surface area contributed by atoms with Crippen LogP contribution in [0.1, 0.15) is 23.2 Å². The number of rotatable bonds is 4. The van der Waals surface area contributed by atoms with Gasteiger partial charge in [0.05, 0.1) is 12.1 Å². The Morgan fingerprint density at radius 1 is 1.44 bits per heavy atom. The van der Waals surface area contributed by atoms with Crippen molar-refractivity contribution in [1.82, 2.24) is 4.90 Å².